The zero-order valence-electron chi connectivity index (χ0n) is 7.36. The normalized spacial score (nSPS) is 29.0. The van der Waals surface area contributed by atoms with Crippen molar-refractivity contribution in [1.29, 1.82) is 0 Å². The molecule has 0 N–H and O–H groups in total. The van der Waals surface area contributed by atoms with Crippen LogP contribution in [0.15, 0.2) is 11.5 Å². The third kappa shape index (κ3) is 2.60. The summed E-state index contributed by atoms with van der Waals surface area (Å²) in [6.07, 6.45) is 2.42. The Bertz CT molecular complexity index is 266. The lowest BCUT2D eigenvalue weighted by molar-refractivity contribution is 0.0354. The topological polar surface area (TPSA) is 43.4 Å². The van der Waals surface area contributed by atoms with Gasteiger partial charge in [-0.1, -0.05) is 6.92 Å². The van der Waals surface area contributed by atoms with Crippen molar-refractivity contribution in [2.45, 2.75) is 32.5 Å². The molecule has 1 aliphatic rings. The zero-order chi connectivity index (χ0) is 9.19. The highest BCUT2D eigenvalue weighted by Gasteiger charge is 2.23. The summed E-state index contributed by atoms with van der Waals surface area (Å²) < 4.78 is 27.3. The van der Waals surface area contributed by atoms with Gasteiger partial charge < -0.3 is 4.74 Å². The first-order valence-electron chi connectivity index (χ1n) is 4.10. The first kappa shape index (κ1) is 9.74. The number of sulfone groups is 1. The summed E-state index contributed by atoms with van der Waals surface area (Å²) in [5.74, 6) is 0.108. The van der Waals surface area contributed by atoms with Crippen molar-refractivity contribution >= 4 is 9.84 Å². The van der Waals surface area contributed by atoms with Crippen molar-refractivity contribution in [2.24, 2.45) is 0 Å². The molecule has 4 heteroatoms. The molecule has 2 unspecified atom stereocenters. The Labute approximate surface area is 73.3 Å². The van der Waals surface area contributed by atoms with Gasteiger partial charge >= 0.3 is 0 Å². The standard InChI is InChI=1S/C8H14O3S/c1-3-7(2)11-8-4-5-12(9,10)6-8/h4-5,7-8H,3,6H2,1-2H3. The number of ether oxygens (including phenoxy) is 1. The lowest BCUT2D eigenvalue weighted by Crippen LogP contribution is -2.20. The average molecular weight is 190 g/mol. The van der Waals surface area contributed by atoms with Gasteiger partial charge in [0.15, 0.2) is 9.84 Å². The van der Waals surface area contributed by atoms with E-state index in [-0.39, 0.29) is 18.0 Å². The lowest BCUT2D eigenvalue weighted by Gasteiger charge is -2.14. The Kier molecular flexibility index (Phi) is 2.90. The van der Waals surface area contributed by atoms with Crippen LogP contribution < -0.4 is 0 Å². The molecule has 0 radical (unpaired) electrons. The molecular weight excluding hydrogens is 176 g/mol. The van der Waals surface area contributed by atoms with Gasteiger partial charge in [-0.05, 0) is 19.4 Å². The third-order valence-corrected chi connectivity index (χ3v) is 3.24. The van der Waals surface area contributed by atoms with Gasteiger partial charge in [-0.3, -0.25) is 0 Å². The molecular formula is C8H14O3S. The van der Waals surface area contributed by atoms with Crippen LogP contribution in [0.2, 0.25) is 0 Å². The monoisotopic (exact) mass is 190 g/mol. The molecule has 1 aliphatic heterocycles. The van der Waals surface area contributed by atoms with E-state index in [1.165, 1.54) is 5.41 Å². The average Bonchev–Trinajstić information content (AvgIpc) is 2.30. The summed E-state index contributed by atoms with van der Waals surface area (Å²) in [5, 5.41) is 1.24. The van der Waals surface area contributed by atoms with E-state index in [1.807, 2.05) is 13.8 Å². The van der Waals surface area contributed by atoms with Gasteiger partial charge in [0.1, 0.15) is 0 Å². The molecule has 2 atom stereocenters. The third-order valence-electron chi connectivity index (χ3n) is 1.88. The highest BCUT2D eigenvalue weighted by Crippen LogP contribution is 2.13. The molecule has 0 bridgehead atoms. The van der Waals surface area contributed by atoms with Crippen LogP contribution in [0.5, 0.6) is 0 Å². The quantitative estimate of drug-likeness (QED) is 0.669. The van der Waals surface area contributed by atoms with Crippen molar-refractivity contribution in [3.8, 4) is 0 Å². The molecule has 70 valence electrons. The van der Waals surface area contributed by atoms with Crippen molar-refractivity contribution in [3.63, 3.8) is 0 Å². The van der Waals surface area contributed by atoms with E-state index in [2.05, 4.69) is 0 Å². The first-order chi connectivity index (χ1) is 5.53. The van der Waals surface area contributed by atoms with Crippen LogP contribution in [0.25, 0.3) is 0 Å². The summed E-state index contributed by atoms with van der Waals surface area (Å²) in [7, 11) is -2.95. The summed E-state index contributed by atoms with van der Waals surface area (Å²) in [5.41, 5.74) is 0. The largest absolute Gasteiger partial charge is 0.370 e. The fraction of sp³-hybridized carbons (Fsp3) is 0.750. The maximum Gasteiger partial charge on any atom is 0.174 e. The van der Waals surface area contributed by atoms with Gasteiger partial charge in [-0.25, -0.2) is 8.42 Å². The number of hydrogen-bond acceptors (Lipinski definition) is 3. The lowest BCUT2D eigenvalue weighted by atomic mass is 10.3. The van der Waals surface area contributed by atoms with Crippen molar-refractivity contribution in [1.82, 2.24) is 0 Å². The van der Waals surface area contributed by atoms with Crippen LogP contribution in [0.3, 0.4) is 0 Å². The van der Waals surface area contributed by atoms with E-state index < -0.39 is 9.84 Å². The van der Waals surface area contributed by atoms with Crippen LogP contribution >= 0.6 is 0 Å². The highest BCUT2D eigenvalue weighted by molar-refractivity contribution is 7.94. The Morgan fingerprint density at radius 1 is 1.67 bits per heavy atom. The predicted octanol–water partition coefficient (Wildman–Crippen LogP) is 1.11. The molecule has 0 aromatic carbocycles. The fourth-order valence-corrected chi connectivity index (χ4v) is 2.20. The van der Waals surface area contributed by atoms with E-state index in [0.717, 1.165) is 6.42 Å². The molecule has 0 saturated heterocycles. The van der Waals surface area contributed by atoms with Crippen molar-refractivity contribution in [2.75, 3.05) is 5.75 Å². The number of rotatable bonds is 3. The van der Waals surface area contributed by atoms with E-state index >= 15 is 0 Å². The molecule has 0 aliphatic carbocycles. The predicted molar refractivity (Wildman–Crippen MR) is 47.6 cm³/mol. The molecule has 0 aromatic heterocycles. The van der Waals surface area contributed by atoms with E-state index in [9.17, 15) is 8.42 Å². The van der Waals surface area contributed by atoms with Gasteiger partial charge in [-0.2, -0.15) is 0 Å². The van der Waals surface area contributed by atoms with Crippen LogP contribution in [-0.4, -0.2) is 26.4 Å². The van der Waals surface area contributed by atoms with E-state index in [1.54, 1.807) is 6.08 Å². The van der Waals surface area contributed by atoms with E-state index in [0.29, 0.717) is 0 Å². The second kappa shape index (κ2) is 3.58. The second-order valence-electron chi connectivity index (χ2n) is 3.05. The summed E-state index contributed by atoms with van der Waals surface area (Å²) in [6, 6.07) is 0. The Morgan fingerprint density at radius 3 is 2.75 bits per heavy atom. The Morgan fingerprint density at radius 2 is 2.33 bits per heavy atom. The fourth-order valence-electron chi connectivity index (χ4n) is 1.03. The summed E-state index contributed by atoms with van der Waals surface area (Å²) in [4.78, 5) is 0. The Hall–Kier alpha value is -0.350. The maximum atomic E-state index is 10.9. The van der Waals surface area contributed by atoms with Gasteiger partial charge in [-0.15, -0.1) is 0 Å². The maximum absolute atomic E-state index is 10.9. The molecule has 1 heterocycles. The minimum Gasteiger partial charge on any atom is -0.370 e. The molecule has 3 nitrogen and oxygen atoms in total. The van der Waals surface area contributed by atoms with Crippen LogP contribution in [0.4, 0.5) is 0 Å². The SMILES string of the molecule is CCC(C)OC1C=CS(=O)(=O)C1. The van der Waals surface area contributed by atoms with Gasteiger partial charge in [0.25, 0.3) is 0 Å². The second-order valence-corrected chi connectivity index (χ2v) is 4.98. The summed E-state index contributed by atoms with van der Waals surface area (Å²) in [6.45, 7) is 3.95. The molecule has 0 spiro atoms. The van der Waals surface area contributed by atoms with Gasteiger partial charge in [0.05, 0.1) is 18.0 Å². The van der Waals surface area contributed by atoms with Crippen LogP contribution in [0.1, 0.15) is 20.3 Å². The van der Waals surface area contributed by atoms with E-state index in [4.69, 9.17) is 4.74 Å². The zero-order valence-corrected chi connectivity index (χ0v) is 8.17. The van der Waals surface area contributed by atoms with Gasteiger partial charge in [0, 0.05) is 5.41 Å². The molecule has 0 amide bonds. The minimum atomic E-state index is -2.95. The number of hydrogen-bond donors (Lipinski definition) is 0. The highest BCUT2D eigenvalue weighted by atomic mass is 32.2. The molecule has 1 rings (SSSR count). The Balaban J connectivity index is 2.45. The first-order valence-corrected chi connectivity index (χ1v) is 5.81. The molecule has 12 heavy (non-hydrogen) atoms. The molecule has 0 aromatic rings. The van der Waals surface area contributed by atoms with Crippen LogP contribution in [-0.2, 0) is 14.6 Å². The minimum absolute atomic E-state index is 0.108. The molecule has 0 fully saturated rings. The van der Waals surface area contributed by atoms with Crippen molar-refractivity contribution in [3.05, 3.63) is 11.5 Å². The van der Waals surface area contributed by atoms with Crippen molar-refractivity contribution < 1.29 is 13.2 Å². The van der Waals surface area contributed by atoms with Gasteiger partial charge in [0.2, 0.25) is 0 Å². The smallest absolute Gasteiger partial charge is 0.174 e. The van der Waals surface area contributed by atoms with Crippen LogP contribution in [0, 0.1) is 0 Å². The summed E-state index contributed by atoms with van der Waals surface area (Å²) >= 11 is 0. The molecule has 0 saturated carbocycles.